The third-order valence-electron chi connectivity index (χ3n) is 5.13. The first-order chi connectivity index (χ1) is 15.2. The van der Waals surface area contributed by atoms with E-state index >= 15 is 0 Å². The lowest BCUT2D eigenvalue weighted by molar-refractivity contribution is -0.123. The first-order valence-corrected chi connectivity index (χ1v) is 13.3. The predicted molar refractivity (Wildman–Crippen MR) is 119 cm³/mol. The van der Waals surface area contributed by atoms with E-state index in [0.717, 1.165) is 24.8 Å². The van der Waals surface area contributed by atoms with E-state index in [1.165, 1.54) is 40.7 Å². The Morgan fingerprint density at radius 1 is 0.906 bits per heavy atom. The smallest absolute Gasteiger partial charge is 0.257 e. The molecule has 1 aliphatic rings. The second kappa shape index (κ2) is 10.4. The number of ether oxygens (including phenoxy) is 1. The van der Waals surface area contributed by atoms with Crippen LogP contribution in [0.5, 0.6) is 5.75 Å². The average Bonchev–Trinajstić information content (AvgIpc) is 2.78. The Morgan fingerprint density at radius 3 is 2.09 bits per heavy atom. The summed E-state index contributed by atoms with van der Waals surface area (Å²) in [6, 6.07) is 12.2. The van der Waals surface area contributed by atoms with Crippen LogP contribution in [0, 0.1) is 0 Å². The van der Waals surface area contributed by atoms with Crippen molar-refractivity contribution < 1.29 is 26.4 Å². The van der Waals surface area contributed by atoms with E-state index in [1.54, 1.807) is 12.1 Å². The highest BCUT2D eigenvalue weighted by atomic mass is 32.2. The molecule has 0 spiro atoms. The normalized spacial score (nSPS) is 15.3. The van der Waals surface area contributed by atoms with Crippen molar-refractivity contribution in [2.45, 2.75) is 35.5 Å². The minimum absolute atomic E-state index is 0.0356. The SMILES string of the molecule is NS(=O)(=O)c1ccc(CCNC(=O)COc2ccc(S(=O)(=O)N3CCCCC3)cc2)cc1. The summed E-state index contributed by atoms with van der Waals surface area (Å²) in [7, 11) is -7.23. The molecular weight excluding hydrogens is 454 g/mol. The monoisotopic (exact) mass is 481 g/mol. The van der Waals surface area contributed by atoms with Crippen LogP contribution < -0.4 is 15.2 Å². The second-order valence-electron chi connectivity index (χ2n) is 7.51. The molecule has 1 fully saturated rings. The van der Waals surface area contributed by atoms with Gasteiger partial charge in [-0.25, -0.2) is 22.0 Å². The minimum atomic E-state index is -3.73. The first-order valence-electron chi connectivity index (χ1n) is 10.3. The van der Waals surface area contributed by atoms with E-state index in [4.69, 9.17) is 9.88 Å². The van der Waals surface area contributed by atoms with Gasteiger partial charge in [0.2, 0.25) is 20.0 Å². The predicted octanol–water partition coefficient (Wildman–Crippen LogP) is 1.25. The third-order valence-corrected chi connectivity index (χ3v) is 7.98. The van der Waals surface area contributed by atoms with Crippen LogP contribution in [0.4, 0.5) is 0 Å². The van der Waals surface area contributed by atoms with Gasteiger partial charge in [-0.1, -0.05) is 18.6 Å². The van der Waals surface area contributed by atoms with E-state index in [-0.39, 0.29) is 22.3 Å². The number of benzene rings is 2. The van der Waals surface area contributed by atoms with Crippen LogP contribution in [0.2, 0.25) is 0 Å². The zero-order valence-electron chi connectivity index (χ0n) is 17.6. The molecule has 0 aromatic heterocycles. The zero-order chi connectivity index (χ0) is 23.2. The van der Waals surface area contributed by atoms with Crippen LogP contribution in [0.25, 0.3) is 0 Å². The van der Waals surface area contributed by atoms with Crippen LogP contribution in [0.15, 0.2) is 58.3 Å². The number of amides is 1. The number of carbonyl (C=O) groups is 1. The van der Waals surface area contributed by atoms with Crippen molar-refractivity contribution >= 4 is 26.0 Å². The Hall–Kier alpha value is -2.47. The van der Waals surface area contributed by atoms with E-state index < -0.39 is 20.0 Å². The van der Waals surface area contributed by atoms with Crippen LogP contribution >= 0.6 is 0 Å². The largest absolute Gasteiger partial charge is 0.484 e. The van der Waals surface area contributed by atoms with Gasteiger partial charge in [0.1, 0.15) is 5.75 Å². The molecule has 2 aromatic carbocycles. The Balaban J connectivity index is 1.44. The quantitative estimate of drug-likeness (QED) is 0.553. The van der Waals surface area contributed by atoms with Gasteiger partial charge in [0, 0.05) is 19.6 Å². The summed E-state index contributed by atoms with van der Waals surface area (Å²) in [5.41, 5.74) is 0.851. The summed E-state index contributed by atoms with van der Waals surface area (Å²) in [5, 5.41) is 7.78. The van der Waals surface area contributed by atoms with Crippen molar-refractivity contribution in [1.82, 2.24) is 9.62 Å². The van der Waals surface area contributed by atoms with E-state index in [2.05, 4.69) is 5.32 Å². The number of sulfonamides is 2. The van der Waals surface area contributed by atoms with Gasteiger partial charge in [0.15, 0.2) is 6.61 Å². The van der Waals surface area contributed by atoms with Gasteiger partial charge in [0.05, 0.1) is 9.79 Å². The molecule has 11 heteroatoms. The number of hydrogen-bond acceptors (Lipinski definition) is 6. The molecule has 1 aliphatic heterocycles. The summed E-state index contributed by atoms with van der Waals surface area (Å²) in [5.74, 6) is 0.0764. The summed E-state index contributed by atoms with van der Waals surface area (Å²) in [6.45, 7) is 1.22. The summed E-state index contributed by atoms with van der Waals surface area (Å²) < 4.78 is 54.7. The summed E-state index contributed by atoms with van der Waals surface area (Å²) in [4.78, 5) is 12.2. The second-order valence-corrected chi connectivity index (χ2v) is 11.0. The van der Waals surface area contributed by atoms with Crippen molar-refractivity contribution in [2.75, 3.05) is 26.2 Å². The topological polar surface area (TPSA) is 136 Å². The zero-order valence-corrected chi connectivity index (χ0v) is 19.2. The Bertz CT molecular complexity index is 1130. The molecule has 0 atom stereocenters. The van der Waals surface area contributed by atoms with Gasteiger partial charge >= 0.3 is 0 Å². The Kier molecular flexibility index (Phi) is 7.88. The summed E-state index contributed by atoms with van der Waals surface area (Å²) >= 11 is 0. The molecule has 0 unspecified atom stereocenters. The molecule has 1 heterocycles. The van der Waals surface area contributed by atoms with Crippen molar-refractivity contribution in [2.24, 2.45) is 5.14 Å². The van der Waals surface area contributed by atoms with Crippen LogP contribution in [0.3, 0.4) is 0 Å². The number of nitrogens with one attached hydrogen (secondary N) is 1. The van der Waals surface area contributed by atoms with E-state index in [1.807, 2.05) is 0 Å². The molecule has 0 aliphatic carbocycles. The number of primary sulfonamides is 1. The highest BCUT2D eigenvalue weighted by molar-refractivity contribution is 7.89. The molecule has 9 nitrogen and oxygen atoms in total. The molecule has 174 valence electrons. The van der Waals surface area contributed by atoms with Crippen molar-refractivity contribution in [3.8, 4) is 5.75 Å². The fraction of sp³-hybridized carbons (Fsp3) is 0.381. The average molecular weight is 482 g/mol. The standard InChI is InChI=1S/C21H27N3O6S2/c22-31(26,27)19-8-4-17(5-9-19)12-13-23-21(25)16-30-18-6-10-20(11-7-18)32(28,29)24-14-2-1-3-15-24/h4-11H,1-3,12-16H2,(H,23,25)(H2,22,26,27). The molecule has 1 amide bonds. The van der Waals surface area contributed by atoms with Crippen LogP contribution in [-0.2, 0) is 31.3 Å². The third kappa shape index (κ3) is 6.52. The first kappa shape index (κ1) is 24.2. The molecule has 0 bridgehead atoms. The van der Waals surface area contributed by atoms with Gasteiger partial charge in [0.25, 0.3) is 5.91 Å². The molecular formula is C21H27N3O6S2. The molecule has 0 saturated carbocycles. The number of hydrogen-bond donors (Lipinski definition) is 2. The fourth-order valence-electron chi connectivity index (χ4n) is 3.35. The van der Waals surface area contributed by atoms with Crippen molar-refractivity contribution in [1.29, 1.82) is 0 Å². The highest BCUT2D eigenvalue weighted by Gasteiger charge is 2.25. The van der Waals surface area contributed by atoms with Crippen molar-refractivity contribution in [3.63, 3.8) is 0 Å². The number of carbonyl (C=O) groups excluding carboxylic acids is 1. The lowest BCUT2D eigenvalue weighted by Gasteiger charge is -2.25. The molecule has 3 N–H and O–H groups in total. The minimum Gasteiger partial charge on any atom is -0.484 e. The van der Waals surface area contributed by atoms with Gasteiger partial charge < -0.3 is 10.1 Å². The van der Waals surface area contributed by atoms with Crippen LogP contribution in [0.1, 0.15) is 24.8 Å². The van der Waals surface area contributed by atoms with Crippen LogP contribution in [-0.4, -0.2) is 53.3 Å². The Labute approximate surface area is 188 Å². The van der Waals surface area contributed by atoms with Gasteiger partial charge in [-0.3, -0.25) is 4.79 Å². The molecule has 3 rings (SSSR count). The fourth-order valence-corrected chi connectivity index (χ4v) is 5.39. The van der Waals surface area contributed by atoms with Gasteiger partial charge in [-0.05, 0) is 61.2 Å². The number of rotatable bonds is 9. The number of nitrogens with two attached hydrogens (primary N) is 1. The Morgan fingerprint density at radius 2 is 1.50 bits per heavy atom. The lowest BCUT2D eigenvalue weighted by Crippen LogP contribution is -2.35. The lowest BCUT2D eigenvalue weighted by atomic mass is 10.1. The van der Waals surface area contributed by atoms with Gasteiger partial charge in [-0.2, -0.15) is 4.31 Å². The molecule has 2 aromatic rings. The molecule has 0 radical (unpaired) electrons. The maximum Gasteiger partial charge on any atom is 0.257 e. The highest BCUT2D eigenvalue weighted by Crippen LogP contribution is 2.22. The maximum absolute atomic E-state index is 12.7. The van der Waals surface area contributed by atoms with Gasteiger partial charge in [-0.15, -0.1) is 0 Å². The number of nitrogens with zero attached hydrogens (tertiary/aromatic N) is 1. The molecule has 32 heavy (non-hydrogen) atoms. The van der Waals surface area contributed by atoms with E-state index in [9.17, 15) is 21.6 Å². The molecule has 1 saturated heterocycles. The number of piperidine rings is 1. The maximum atomic E-state index is 12.7. The summed E-state index contributed by atoms with van der Waals surface area (Å²) in [6.07, 6.45) is 3.30. The van der Waals surface area contributed by atoms with Crippen molar-refractivity contribution in [3.05, 3.63) is 54.1 Å². The van der Waals surface area contributed by atoms with E-state index in [0.29, 0.717) is 31.8 Å².